The van der Waals surface area contributed by atoms with Crippen LogP contribution in [0.25, 0.3) is 0 Å². The van der Waals surface area contributed by atoms with Crippen LogP contribution in [0.5, 0.6) is 11.5 Å². The number of aldehydes is 1. The van der Waals surface area contributed by atoms with Crippen LogP contribution < -0.4 is 14.8 Å². The van der Waals surface area contributed by atoms with Crippen LogP contribution in [0.1, 0.15) is 75.6 Å². The van der Waals surface area contributed by atoms with Crippen LogP contribution >= 0.6 is 22.6 Å². The Balaban J connectivity index is 1.92. The first kappa shape index (κ1) is 34.3. The van der Waals surface area contributed by atoms with Gasteiger partial charge in [-0.2, -0.15) is 0 Å². The number of carbonyl (C=O) groups is 3. The minimum atomic E-state index is -1.15. The molecular weight excluding hydrogens is 655 g/mol. The zero-order chi connectivity index (χ0) is 30.6. The number of aliphatic hydroxyl groups is 2. The van der Waals surface area contributed by atoms with Gasteiger partial charge in [0.1, 0.15) is 18.5 Å². The molecule has 0 spiro atoms. The Bertz CT molecular complexity index is 1090. The summed E-state index contributed by atoms with van der Waals surface area (Å²) in [5, 5.41) is 23.6. The molecule has 3 atom stereocenters. The lowest BCUT2D eigenvalue weighted by molar-refractivity contribution is -0.139. The van der Waals surface area contributed by atoms with Crippen LogP contribution in [-0.4, -0.2) is 91.0 Å². The van der Waals surface area contributed by atoms with Crippen molar-refractivity contribution in [2.45, 2.75) is 89.6 Å². The number of carbonyl (C=O) groups excluding carboxylic acids is 3. The zero-order valence-electron chi connectivity index (χ0n) is 24.9. The average Bonchev–Trinajstić information content (AvgIpc) is 3.50. The maximum atomic E-state index is 13.7. The summed E-state index contributed by atoms with van der Waals surface area (Å²) in [7, 11) is 1.46. The third kappa shape index (κ3) is 9.65. The summed E-state index contributed by atoms with van der Waals surface area (Å²) in [4.78, 5) is 39.9. The van der Waals surface area contributed by atoms with E-state index in [1.165, 1.54) is 20.0 Å². The minimum absolute atomic E-state index is 0.0578. The van der Waals surface area contributed by atoms with Gasteiger partial charge in [-0.1, -0.05) is 25.7 Å². The van der Waals surface area contributed by atoms with Gasteiger partial charge in [-0.05, 0) is 73.4 Å². The molecule has 0 aliphatic heterocycles. The number of ether oxygens (including phenoxy) is 3. The lowest BCUT2D eigenvalue weighted by Crippen LogP contribution is -2.55. The van der Waals surface area contributed by atoms with Crippen molar-refractivity contribution in [3.63, 3.8) is 0 Å². The first-order chi connectivity index (χ1) is 20.2. The summed E-state index contributed by atoms with van der Waals surface area (Å²) in [6.45, 7) is 4.60. The van der Waals surface area contributed by atoms with Gasteiger partial charge < -0.3 is 34.6 Å². The summed E-state index contributed by atoms with van der Waals surface area (Å²) >= 11 is 2.03. The highest BCUT2D eigenvalue weighted by Crippen LogP contribution is 2.37. The van der Waals surface area contributed by atoms with E-state index in [9.17, 15) is 24.6 Å². The Morgan fingerprint density at radius 2 is 1.98 bits per heavy atom. The van der Waals surface area contributed by atoms with Gasteiger partial charge in [0, 0.05) is 43.7 Å². The van der Waals surface area contributed by atoms with E-state index in [0.29, 0.717) is 64.4 Å². The normalized spacial score (nSPS) is 20.7. The SMILES string of the molecule is COc1cc(C=O)cc(I)c1O[C@H]1C=C(C(=O)NCCO)C[C@@H](N(CCCOC(C)C)C(=O)CCC2CCCC2)[C@@H]1O. The van der Waals surface area contributed by atoms with E-state index in [1.54, 1.807) is 23.1 Å². The Morgan fingerprint density at radius 1 is 1.24 bits per heavy atom. The van der Waals surface area contributed by atoms with Crippen molar-refractivity contribution in [1.82, 2.24) is 10.2 Å². The number of methoxy groups -OCH3 is 1. The fourth-order valence-electron chi connectivity index (χ4n) is 5.64. The van der Waals surface area contributed by atoms with Crippen LogP contribution in [0.4, 0.5) is 0 Å². The number of nitrogens with one attached hydrogen (secondary N) is 1. The number of benzene rings is 1. The fraction of sp³-hybridized carbons (Fsp3) is 0.645. The molecule has 234 valence electrons. The number of hydrogen-bond donors (Lipinski definition) is 3. The minimum Gasteiger partial charge on any atom is -0.493 e. The molecule has 0 unspecified atom stereocenters. The number of aliphatic hydroxyl groups excluding tert-OH is 2. The molecule has 10 nitrogen and oxygen atoms in total. The molecule has 2 aliphatic rings. The predicted octanol–water partition coefficient (Wildman–Crippen LogP) is 3.64. The molecule has 1 aromatic carbocycles. The summed E-state index contributed by atoms with van der Waals surface area (Å²) in [6.07, 6.45) is 6.77. The van der Waals surface area contributed by atoms with Crippen LogP contribution in [0.3, 0.4) is 0 Å². The van der Waals surface area contributed by atoms with Crippen molar-refractivity contribution in [2.75, 3.05) is 33.4 Å². The standard InChI is InChI=1S/C31H45IN2O8/c1-20(2)41-14-6-12-34(28(37)10-9-21-7-4-5-8-21)25-17-23(31(39)33-11-13-35)18-26(29(25)38)42-30-24(32)15-22(19-36)16-27(30)40-3/h15-16,18-21,25-26,29,35,38H,4-14,17H2,1-3H3,(H,33,39)/t25-,26+,29+/m1/s1. The molecule has 42 heavy (non-hydrogen) atoms. The number of halogens is 1. The summed E-state index contributed by atoms with van der Waals surface area (Å²) in [5.74, 6) is 0.719. The fourth-order valence-corrected chi connectivity index (χ4v) is 6.39. The summed E-state index contributed by atoms with van der Waals surface area (Å²) < 4.78 is 18.1. The topological polar surface area (TPSA) is 135 Å². The van der Waals surface area contributed by atoms with Gasteiger partial charge in [-0.25, -0.2) is 0 Å². The molecule has 0 heterocycles. The maximum absolute atomic E-state index is 13.7. The van der Waals surface area contributed by atoms with E-state index in [1.807, 2.05) is 36.4 Å². The van der Waals surface area contributed by atoms with E-state index >= 15 is 0 Å². The van der Waals surface area contributed by atoms with E-state index in [-0.39, 0.29) is 31.6 Å². The molecule has 2 amide bonds. The Kier molecular flexibility index (Phi) is 14.0. The van der Waals surface area contributed by atoms with E-state index in [4.69, 9.17) is 14.2 Å². The monoisotopic (exact) mass is 700 g/mol. The molecule has 3 rings (SSSR count). The summed E-state index contributed by atoms with van der Waals surface area (Å²) in [6, 6.07) is 2.47. The number of amides is 2. The highest BCUT2D eigenvalue weighted by molar-refractivity contribution is 14.1. The van der Waals surface area contributed by atoms with Crippen molar-refractivity contribution >= 4 is 40.7 Å². The van der Waals surface area contributed by atoms with E-state index < -0.39 is 24.2 Å². The molecule has 0 radical (unpaired) electrons. The molecule has 1 fully saturated rings. The summed E-state index contributed by atoms with van der Waals surface area (Å²) in [5.41, 5.74) is 0.766. The van der Waals surface area contributed by atoms with Gasteiger partial charge in [0.05, 0.1) is 29.4 Å². The quantitative estimate of drug-likeness (QED) is 0.135. The molecule has 0 saturated heterocycles. The van der Waals surface area contributed by atoms with Crippen LogP contribution in [0.2, 0.25) is 0 Å². The van der Waals surface area contributed by atoms with Gasteiger partial charge >= 0.3 is 0 Å². The van der Waals surface area contributed by atoms with Crippen molar-refractivity contribution in [1.29, 1.82) is 0 Å². The molecular formula is C31H45IN2O8. The second kappa shape index (κ2) is 17.2. The van der Waals surface area contributed by atoms with E-state index in [0.717, 1.165) is 19.3 Å². The van der Waals surface area contributed by atoms with Crippen molar-refractivity contribution in [3.05, 3.63) is 32.9 Å². The predicted molar refractivity (Wildman–Crippen MR) is 167 cm³/mol. The second-order valence-electron chi connectivity index (χ2n) is 11.2. The van der Waals surface area contributed by atoms with Crippen molar-refractivity contribution in [2.24, 2.45) is 5.92 Å². The average molecular weight is 701 g/mol. The number of rotatable bonds is 16. The number of hydrogen-bond acceptors (Lipinski definition) is 8. The lowest BCUT2D eigenvalue weighted by Gasteiger charge is -2.41. The Morgan fingerprint density at radius 3 is 2.62 bits per heavy atom. The molecule has 0 aromatic heterocycles. The number of nitrogens with zero attached hydrogens (tertiary/aromatic N) is 1. The highest BCUT2D eigenvalue weighted by atomic mass is 127. The van der Waals surface area contributed by atoms with Crippen LogP contribution in [-0.2, 0) is 14.3 Å². The first-order valence-corrected chi connectivity index (χ1v) is 15.9. The molecule has 11 heteroatoms. The highest BCUT2D eigenvalue weighted by Gasteiger charge is 2.41. The third-order valence-corrected chi connectivity index (χ3v) is 8.61. The van der Waals surface area contributed by atoms with Crippen LogP contribution in [0.15, 0.2) is 23.8 Å². The lowest BCUT2D eigenvalue weighted by atomic mass is 9.87. The van der Waals surface area contributed by atoms with Crippen molar-refractivity contribution < 1.29 is 38.8 Å². The second-order valence-corrected chi connectivity index (χ2v) is 12.4. The largest absolute Gasteiger partial charge is 0.493 e. The Hall–Kier alpha value is -2.22. The van der Waals surface area contributed by atoms with Gasteiger partial charge in [-0.15, -0.1) is 0 Å². The molecule has 2 aliphatic carbocycles. The first-order valence-electron chi connectivity index (χ1n) is 14.9. The van der Waals surface area contributed by atoms with Crippen LogP contribution in [0, 0.1) is 9.49 Å². The van der Waals surface area contributed by atoms with Gasteiger partial charge in [0.15, 0.2) is 11.5 Å². The van der Waals surface area contributed by atoms with Gasteiger partial charge in [-0.3, -0.25) is 14.4 Å². The van der Waals surface area contributed by atoms with Gasteiger partial charge in [0.25, 0.3) is 0 Å². The zero-order valence-corrected chi connectivity index (χ0v) is 27.0. The Labute approximate surface area is 262 Å². The van der Waals surface area contributed by atoms with E-state index in [2.05, 4.69) is 5.32 Å². The molecule has 1 saturated carbocycles. The molecule has 3 N–H and O–H groups in total. The maximum Gasteiger partial charge on any atom is 0.247 e. The van der Waals surface area contributed by atoms with Crippen molar-refractivity contribution in [3.8, 4) is 11.5 Å². The molecule has 1 aromatic rings. The smallest absolute Gasteiger partial charge is 0.247 e. The van der Waals surface area contributed by atoms with Gasteiger partial charge in [0.2, 0.25) is 11.8 Å². The third-order valence-electron chi connectivity index (χ3n) is 7.81. The molecule has 0 bridgehead atoms.